The normalized spacial score (nSPS) is 12.7. The van der Waals surface area contributed by atoms with Crippen LogP contribution in [0.5, 0.6) is 0 Å². The molecule has 2 aromatic rings. The van der Waals surface area contributed by atoms with E-state index in [-0.39, 0.29) is 0 Å². The lowest BCUT2D eigenvalue weighted by Crippen LogP contribution is -2.11. The van der Waals surface area contributed by atoms with Gasteiger partial charge in [0.1, 0.15) is 0 Å². The molecule has 0 aliphatic carbocycles. The van der Waals surface area contributed by atoms with Crippen LogP contribution in [-0.2, 0) is 6.18 Å². The maximum atomic E-state index is 12.9. The molecule has 0 aliphatic heterocycles. The Labute approximate surface area is 128 Å². The molecule has 0 saturated carbocycles. The van der Waals surface area contributed by atoms with Gasteiger partial charge in [0.25, 0.3) is 0 Å². The second-order valence-corrected chi connectivity index (χ2v) is 5.32. The summed E-state index contributed by atoms with van der Waals surface area (Å²) in [5.41, 5.74) is 1.66. The lowest BCUT2D eigenvalue weighted by molar-refractivity contribution is -0.137. The van der Waals surface area contributed by atoms with Crippen LogP contribution in [-0.4, -0.2) is 25.5 Å². The zero-order valence-electron chi connectivity index (χ0n) is 12.6. The van der Waals surface area contributed by atoms with Crippen LogP contribution in [0.4, 0.5) is 13.2 Å². The van der Waals surface area contributed by atoms with Crippen molar-refractivity contribution in [3.8, 4) is 0 Å². The summed E-state index contributed by atoms with van der Waals surface area (Å²) in [6.07, 6.45) is -2.38. The number of likely N-dealkylation sites (N-methyl/N-ethyl adjacent to an activating group) is 1. The highest BCUT2D eigenvalue weighted by Gasteiger charge is 2.30. The van der Waals surface area contributed by atoms with Gasteiger partial charge in [-0.2, -0.15) is 13.2 Å². The molecule has 2 aromatic carbocycles. The predicted octanol–water partition coefficient (Wildman–Crippen LogP) is 4.70. The summed E-state index contributed by atoms with van der Waals surface area (Å²) < 4.78 is 38.8. The van der Waals surface area contributed by atoms with E-state index in [1.807, 2.05) is 55.4 Å². The molecule has 4 heteroatoms. The average molecular weight is 305 g/mol. The molecule has 0 heterocycles. The van der Waals surface area contributed by atoms with E-state index in [1.165, 1.54) is 12.1 Å². The highest BCUT2D eigenvalue weighted by molar-refractivity contribution is 5.80. The van der Waals surface area contributed by atoms with Gasteiger partial charge in [-0.3, -0.25) is 0 Å². The van der Waals surface area contributed by atoms with Gasteiger partial charge in [0.2, 0.25) is 0 Å². The minimum absolute atomic E-state index is 0.572. The van der Waals surface area contributed by atoms with Crippen molar-refractivity contribution in [1.29, 1.82) is 0 Å². The first kappa shape index (κ1) is 16.3. The van der Waals surface area contributed by atoms with Crippen molar-refractivity contribution in [1.82, 2.24) is 4.90 Å². The van der Waals surface area contributed by atoms with Crippen LogP contribution in [0.1, 0.15) is 16.7 Å². The summed E-state index contributed by atoms with van der Waals surface area (Å²) in [5.74, 6) is 0. The Kier molecular flexibility index (Phi) is 5.03. The standard InChI is InChI=1S/C18H18F3N/c1-22(2)12-11-17(14-7-4-3-5-8-14)15-9-6-10-16(13-15)18(19,20)21/h3-11,13H,12H2,1-2H3/b17-11-. The number of rotatable bonds is 4. The first-order valence-electron chi connectivity index (χ1n) is 6.96. The predicted molar refractivity (Wildman–Crippen MR) is 83.5 cm³/mol. The molecule has 0 spiro atoms. The SMILES string of the molecule is CN(C)C/C=C(/c1ccccc1)c1cccc(C(F)(F)F)c1. The van der Waals surface area contributed by atoms with E-state index in [0.29, 0.717) is 12.1 Å². The summed E-state index contributed by atoms with van der Waals surface area (Å²) in [7, 11) is 3.84. The minimum atomic E-state index is -4.33. The Bertz CT molecular complexity index is 643. The molecule has 0 N–H and O–H groups in total. The van der Waals surface area contributed by atoms with Crippen molar-refractivity contribution in [2.24, 2.45) is 0 Å². The summed E-state index contributed by atoms with van der Waals surface area (Å²) in [6, 6.07) is 14.9. The molecule has 22 heavy (non-hydrogen) atoms. The quantitative estimate of drug-likeness (QED) is 0.791. The topological polar surface area (TPSA) is 3.24 Å². The smallest absolute Gasteiger partial charge is 0.306 e. The van der Waals surface area contributed by atoms with E-state index in [1.54, 1.807) is 6.07 Å². The number of hydrogen-bond acceptors (Lipinski definition) is 1. The van der Waals surface area contributed by atoms with Crippen LogP contribution in [0.2, 0.25) is 0 Å². The van der Waals surface area contributed by atoms with Crippen molar-refractivity contribution in [2.45, 2.75) is 6.18 Å². The van der Waals surface area contributed by atoms with E-state index >= 15 is 0 Å². The number of halogens is 3. The van der Waals surface area contributed by atoms with Crippen LogP contribution in [0.3, 0.4) is 0 Å². The third-order valence-corrected chi connectivity index (χ3v) is 3.25. The van der Waals surface area contributed by atoms with Gasteiger partial charge in [-0.15, -0.1) is 0 Å². The van der Waals surface area contributed by atoms with Crippen molar-refractivity contribution in [3.05, 3.63) is 77.4 Å². The van der Waals surface area contributed by atoms with Crippen molar-refractivity contribution < 1.29 is 13.2 Å². The van der Waals surface area contributed by atoms with E-state index in [0.717, 1.165) is 17.2 Å². The van der Waals surface area contributed by atoms with Gasteiger partial charge in [-0.1, -0.05) is 48.5 Å². The van der Waals surface area contributed by atoms with Crippen LogP contribution in [0, 0.1) is 0 Å². The highest BCUT2D eigenvalue weighted by atomic mass is 19.4. The van der Waals surface area contributed by atoms with E-state index in [9.17, 15) is 13.2 Å². The minimum Gasteiger partial charge on any atom is -0.306 e. The molecule has 0 aliphatic rings. The second-order valence-electron chi connectivity index (χ2n) is 5.32. The first-order chi connectivity index (χ1) is 10.4. The fraction of sp³-hybridized carbons (Fsp3) is 0.222. The molecule has 0 fully saturated rings. The second kappa shape index (κ2) is 6.79. The molecular formula is C18H18F3N. The van der Waals surface area contributed by atoms with E-state index in [4.69, 9.17) is 0 Å². The van der Waals surface area contributed by atoms with Crippen LogP contribution in [0.15, 0.2) is 60.7 Å². The van der Waals surface area contributed by atoms with Gasteiger partial charge in [0.15, 0.2) is 0 Å². The van der Waals surface area contributed by atoms with Crippen LogP contribution >= 0.6 is 0 Å². The maximum absolute atomic E-state index is 12.9. The molecule has 116 valence electrons. The zero-order valence-corrected chi connectivity index (χ0v) is 12.6. The molecule has 0 bridgehead atoms. The number of hydrogen-bond donors (Lipinski definition) is 0. The summed E-state index contributed by atoms with van der Waals surface area (Å²) in [4.78, 5) is 1.97. The highest BCUT2D eigenvalue weighted by Crippen LogP contribution is 2.32. The van der Waals surface area contributed by atoms with Crippen molar-refractivity contribution in [3.63, 3.8) is 0 Å². The van der Waals surface area contributed by atoms with Crippen molar-refractivity contribution >= 4 is 5.57 Å². The fourth-order valence-electron chi connectivity index (χ4n) is 2.16. The molecule has 0 amide bonds. The molecule has 1 nitrogen and oxygen atoms in total. The Morgan fingerprint density at radius 3 is 2.18 bits per heavy atom. The van der Waals surface area contributed by atoms with Crippen LogP contribution in [0.25, 0.3) is 5.57 Å². The number of alkyl halides is 3. The third-order valence-electron chi connectivity index (χ3n) is 3.25. The molecule has 0 unspecified atom stereocenters. The Balaban J connectivity index is 2.48. The van der Waals surface area contributed by atoms with Gasteiger partial charge >= 0.3 is 6.18 Å². The summed E-state index contributed by atoms with van der Waals surface area (Å²) in [6.45, 7) is 0.653. The fourth-order valence-corrected chi connectivity index (χ4v) is 2.16. The van der Waals surface area contributed by atoms with Gasteiger partial charge in [0, 0.05) is 6.54 Å². The Morgan fingerprint density at radius 2 is 1.59 bits per heavy atom. The van der Waals surface area contributed by atoms with Crippen LogP contribution < -0.4 is 0 Å². The van der Waals surface area contributed by atoms with Gasteiger partial charge < -0.3 is 4.90 Å². The van der Waals surface area contributed by atoms with Gasteiger partial charge in [-0.05, 0) is 42.9 Å². The van der Waals surface area contributed by atoms with Gasteiger partial charge in [0.05, 0.1) is 5.56 Å². The average Bonchev–Trinajstić information content (AvgIpc) is 2.48. The molecule has 2 rings (SSSR count). The molecular weight excluding hydrogens is 287 g/mol. The molecule has 0 saturated heterocycles. The lowest BCUT2D eigenvalue weighted by atomic mass is 9.96. The van der Waals surface area contributed by atoms with E-state index < -0.39 is 11.7 Å². The largest absolute Gasteiger partial charge is 0.416 e. The number of nitrogens with zero attached hydrogens (tertiary/aromatic N) is 1. The van der Waals surface area contributed by atoms with Gasteiger partial charge in [-0.25, -0.2) is 0 Å². The monoisotopic (exact) mass is 305 g/mol. The molecule has 0 atom stereocenters. The maximum Gasteiger partial charge on any atom is 0.416 e. The summed E-state index contributed by atoms with van der Waals surface area (Å²) >= 11 is 0. The number of benzene rings is 2. The first-order valence-corrected chi connectivity index (χ1v) is 6.96. The Hall–Kier alpha value is -2.07. The van der Waals surface area contributed by atoms with E-state index in [2.05, 4.69) is 0 Å². The lowest BCUT2D eigenvalue weighted by Gasteiger charge is -2.14. The third kappa shape index (κ3) is 4.21. The molecule has 0 radical (unpaired) electrons. The molecule has 0 aromatic heterocycles. The Morgan fingerprint density at radius 1 is 0.955 bits per heavy atom. The van der Waals surface area contributed by atoms with Crippen molar-refractivity contribution in [2.75, 3.05) is 20.6 Å². The summed E-state index contributed by atoms with van der Waals surface area (Å²) in [5, 5.41) is 0. The zero-order chi connectivity index (χ0) is 16.2.